The fraction of sp³-hybridized carbons (Fsp3) is 0.231. The van der Waals surface area contributed by atoms with Gasteiger partial charge in [-0.3, -0.25) is 4.79 Å². The average Bonchev–Trinajstić information content (AvgIpc) is 2.28. The summed E-state index contributed by atoms with van der Waals surface area (Å²) in [5.74, 6) is -1.10. The first kappa shape index (κ1) is 12.2. The normalized spacial score (nSPS) is 10.3. The van der Waals surface area contributed by atoms with E-state index in [-0.39, 0.29) is 6.42 Å². The molecule has 0 aliphatic rings. The highest BCUT2D eigenvalue weighted by molar-refractivity contribution is 5.94. The highest BCUT2D eigenvalue weighted by Crippen LogP contribution is 2.01. The van der Waals surface area contributed by atoms with E-state index in [0.29, 0.717) is 6.42 Å². The third-order valence-electron chi connectivity index (χ3n) is 1.88. The molecular weight excluding hydrogens is 204 g/mol. The molecule has 3 heteroatoms. The largest absolute Gasteiger partial charge is 0.390 e. The molecule has 0 radical (unpaired) electrons. The second kappa shape index (κ2) is 6.56. The number of hydrogen-bond acceptors (Lipinski definition) is 3. The summed E-state index contributed by atoms with van der Waals surface area (Å²) in [5.41, 5.74) is 0.891. The third kappa shape index (κ3) is 4.55. The lowest BCUT2D eigenvalue weighted by Crippen LogP contribution is -2.09. The fourth-order valence-electron chi connectivity index (χ4n) is 1.13. The van der Waals surface area contributed by atoms with Crippen LogP contribution in [0.2, 0.25) is 0 Å². The topological polar surface area (TPSA) is 43.4 Å². The number of benzene rings is 1. The predicted octanol–water partition coefficient (Wildman–Crippen LogP) is 2.57. The van der Waals surface area contributed by atoms with Gasteiger partial charge in [0.2, 0.25) is 0 Å². The summed E-state index contributed by atoms with van der Waals surface area (Å²) in [6, 6.07) is 9.34. The van der Waals surface area contributed by atoms with Crippen LogP contribution in [-0.4, -0.2) is 11.9 Å². The maximum atomic E-state index is 11.2. The van der Waals surface area contributed by atoms with Crippen LogP contribution < -0.4 is 0 Å². The van der Waals surface area contributed by atoms with Gasteiger partial charge in [-0.25, -0.2) is 4.79 Å². The standard InChI is InChI=1S/C13H14O3/c1-2-6-12(14)16-13(15)10-9-11-7-4-3-5-8-11/h3-5,7-10H,2,6H2,1H3/b10-9+. The predicted molar refractivity (Wildman–Crippen MR) is 61.5 cm³/mol. The first-order chi connectivity index (χ1) is 7.72. The van der Waals surface area contributed by atoms with Crippen LogP contribution in [0.5, 0.6) is 0 Å². The SMILES string of the molecule is CCCC(=O)OC(=O)/C=C/c1ccccc1. The molecular formula is C13H14O3. The van der Waals surface area contributed by atoms with Crippen LogP contribution in [0.25, 0.3) is 6.08 Å². The average molecular weight is 218 g/mol. The van der Waals surface area contributed by atoms with Crippen LogP contribution >= 0.6 is 0 Å². The maximum absolute atomic E-state index is 11.2. The van der Waals surface area contributed by atoms with E-state index >= 15 is 0 Å². The number of hydrogen-bond donors (Lipinski definition) is 0. The van der Waals surface area contributed by atoms with Gasteiger partial charge in [0.1, 0.15) is 0 Å². The first-order valence-corrected chi connectivity index (χ1v) is 5.20. The third-order valence-corrected chi connectivity index (χ3v) is 1.88. The molecule has 0 aromatic heterocycles. The van der Waals surface area contributed by atoms with Gasteiger partial charge in [-0.2, -0.15) is 0 Å². The summed E-state index contributed by atoms with van der Waals surface area (Å²) in [7, 11) is 0. The van der Waals surface area contributed by atoms with E-state index in [0.717, 1.165) is 5.56 Å². The van der Waals surface area contributed by atoms with Crippen molar-refractivity contribution in [2.45, 2.75) is 19.8 Å². The lowest BCUT2D eigenvalue weighted by molar-refractivity contribution is -0.156. The Morgan fingerprint density at radius 3 is 2.56 bits per heavy atom. The number of carbonyl (C=O) groups excluding carboxylic acids is 2. The minimum Gasteiger partial charge on any atom is -0.390 e. The van der Waals surface area contributed by atoms with Gasteiger partial charge >= 0.3 is 11.9 Å². The van der Waals surface area contributed by atoms with Crippen molar-refractivity contribution in [3.05, 3.63) is 42.0 Å². The monoisotopic (exact) mass is 218 g/mol. The summed E-state index contributed by atoms with van der Waals surface area (Å²) < 4.78 is 4.55. The Kier molecular flexibility index (Phi) is 4.99. The highest BCUT2D eigenvalue weighted by atomic mass is 16.6. The molecule has 1 aromatic carbocycles. The van der Waals surface area contributed by atoms with Gasteiger partial charge in [-0.1, -0.05) is 37.3 Å². The number of carbonyl (C=O) groups is 2. The van der Waals surface area contributed by atoms with Crippen molar-refractivity contribution < 1.29 is 14.3 Å². The number of rotatable bonds is 4. The smallest absolute Gasteiger partial charge is 0.338 e. The molecule has 0 atom stereocenters. The Balaban J connectivity index is 2.46. The second-order valence-corrected chi connectivity index (χ2v) is 3.29. The summed E-state index contributed by atoms with van der Waals surface area (Å²) in [5, 5.41) is 0. The molecule has 0 unspecified atom stereocenters. The molecule has 1 aromatic rings. The molecule has 0 aliphatic heterocycles. The lowest BCUT2D eigenvalue weighted by Gasteiger charge is -1.97. The zero-order valence-electron chi connectivity index (χ0n) is 9.18. The molecule has 0 saturated heterocycles. The van der Waals surface area contributed by atoms with E-state index in [2.05, 4.69) is 4.74 Å². The zero-order chi connectivity index (χ0) is 11.8. The minimum absolute atomic E-state index is 0.269. The van der Waals surface area contributed by atoms with Crippen molar-refractivity contribution >= 4 is 18.0 Å². The summed E-state index contributed by atoms with van der Waals surface area (Å²) in [6.45, 7) is 1.85. The number of ether oxygens (including phenoxy) is 1. The highest BCUT2D eigenvalue weighted by Gasteiger charge is 2.05. The van der Waals surface area contributed by atoms with Crippen LogP contribution in [0.1, 0.15) is 25.3 Å². The Bertz CT molecular complexity index is 379. The van der Waals surface area contributed by atoms with Gasteiger partial charge < -0.3 is 4.74 Å². The van der Waals surface area contributed by atoms with Gasteiger partial charge in [-0.05, 0) is 18.1 Å². The van der Waals surface area contributed by atoms with E-state index in [9.17, 15) is 9.59 Å². The Labute approximate surface area is 94.7 Å². The molecule has 0 aliphatic carbocycles. The Morgan fingerprint density at radius 2 is 1.94 bits per heavy atom. The van der Waals surface area contributed by atoms with Crippen LogP contribution in [-0.2, 0) is 14.3 Å². The van der Waals surface area contributed by atoms with Crippen LogP contribution in [0.3, 0.4) is 0 Å². The second-order valence-electron chi connectivity index (χ2n) is 3.29. The van der Waals surface area contributed by atoms with E-state index in [1.54, 1.807) is 6.08 Å². The molecule has 0 saturated carbocycles. The summed E-state index contributed by atoms with van der Waals surface area (Å²) in [6.07, 6.45) is 3.81. The summed E-state index contributed by atoms with van der Waals surface area (Å²) >= 11 is 0. The first-order valence-electron chi connectivity index (χ1n) is 5.20. The van der Waals surface area contributed by atoms with Gasteiger partial charge in [0.25, 0.3) is 0 Å². The van der Waals surface area contributed by atoms with Gasteiger partial charge in [-0.15, -0.1) is 0 Å². The van der Waals surface area contributed by atoms with Crippen molar-refractivity contribution in [3.63, 3.8) is 0 Å². The minimum atomic E-state index is -0.623. The molecule has 16 heavy (non-hydrogen) atoms. The lowest BCUT2D eigenvalue weighted by atomic mass is 10.2. The van der Waals surface area contributed by atoms with Gasteiger partial charge in [0.05, 0.1) is 0 Å². The van der Waals surface area contributed by atoms with E-state index in [1.165, 1.54) is 6.08 Å². The molecule has 84 valence electrons. The van der Waals surface area contributed by atoms with Crippen molar-refractivity contribution in [1.29, 1.82) is 0 Å². The van der Waals surface area contributed by atoms with Crippen LogP contribution in [0, 0.1) is 0 Å². The van der Waals surface area contributed by atoms with Gasteiger partial charge in [0.15, 0.2) is 0 Å². The molecule has 0 fully saturated rings. The molecule has 0 amide bonds. The Hall–Kier alpha value is -1.90. The molecule has 0 spiro atoms. The van der Waals surface area contributed by atoms with E-state index in [4.69, 9.17) is 0 Å². The molecule has 0 N–H and O–H groups in total. The van der Waals surface area contributed by atoms with E-state index in [1.807, 2.05) is 37.3 Å². The van der Waals surface area contributed by atoms with Crippen molar-refractivity contribution in [2.75, 3.05) is 0 Å². The fourth-order valence-corrected chi connectivity index (χ4v) is 1.13. The zero-order valence-corrected chi connectivity index (χ0v) is 9.18. The molecule has 0 bridgehead atoms. The van der Waals surface area contributed by atoms with Crippen molar-refractivity contribution in [1.82, 2.24) is 0 Å². The molecule has 0 heterocycles. The number of esters is 2. The maximum Gasteiger partial charge on any atom is 0.338 e. The van der Waals surface area contributed by atoms with E-state index < -0.39 is 11.9 Å². The van der Waals surface area contributed by atoms with Gasteiger partial charge in [0, 0.05) is 12.5 Å². The van der Waals surface area contributed by atoms with Crippen LogP contribution in [0.4, 0.5) is 0 Å². The van der Waals surface area contributed by atoms with Crippen molar-refractivity contribution in [3.8, 4) is 0 Å². The van der Waals surface area contributed by atoms with Crippen LogP contribution in [0.15, 0.2) is 36.4 Å². The quantitative estimate of drug-likeness (QED) is 0.443. The molecule has 3 nitrogen and oxygen atoms in total. The van der Waals surface area contributed by atoms with Crippen molar-refractivity contribution in [2.24, 2.45) is 0 Å². The Morgan fingerprint density at radius 1 is 1.25 bits per heavy atom. The molecule has 1 rings (SSSR count). The summed E-state index contributed by atoms with van der Waals surface area (Å²) in [4.78, 5) is 22.2.